The van der Waals surface area contributed by atoms with Crippen LogP contribution in [-0.2, 0) is 9.47 Å². The molecule has 1 saturated heterocycles. The molecule has 0 aromatic heterocycles. The van der Waals surface area contributed by atoms with E-state index in [-0.39, 0.29) is 6.10 Å². The third kappa shape index (κ3) is 3.02. The van der Waals surface area contributed by atoms with E-state index < -0.39 is 6.10 Å². The van der Waals surface area contributed by atoms with Crippen molar-refractivity contribution in [2.45, 2.75) is 12.2 Å². The molecule has 2 unspecified atom stereocenters. The van der Waals surface area contributed by atoms with Gasteiger partial charge in [-0.1, -0.05) is 0 Å². The maximum atomic E-state index is 10.4. The van der Waals surface area contributed by atoms with E-state index in [0.717, 1.165) is 0 Å². The predicted octanol–water partition coefficient (Wildman–Crippen LogP) is 1.92. The molecule has 1 aromatic rings. The topological polar surface area (TPSA) is 57.2 Å². The van der Waals surface area contributed by atoms with E-state index in [9.17, 15) is 5.11 Å². The Morgan fingerprint density at radius 1 is 1.32 bits per heavy atom. The van der Waals surface area contributed by atoms with Crippen LogP contribution in [0.4, 0.5) is 0 Å². The second-order valence-corrected chi connectivity index (χ2v) is 4.93. The third-order valence-corrected chi connectivity index (χ3v) is 3.78. The van der Waals surface area contributed by atoms with Gasteiger partial charge in [0.15, 0.2) is 0 Å². The zero-order chi connectivity index (χ0) is 13.8. The monoisotopic (exact) mass is 332 g/mol. The van der Waals surface area contributed by atoms with Crippen molar-refractivity contribution < 1.29 is 24.1 Å². The fraction of sp³-hybridized carbons (Fsp3) is 0.538. The van der Waals surface area contributed by atoms with Crippen molar-refractivity contribution in [1.82, 2.24) is 0 Å². The Morgan fingerprint density at radius 2 is 2.11 bits per heavy atom. The average Bonchev–Trinajstić information content (AvgIpc) is 2.47. The highest BCUT2D eigenvalue weighted by atomic mass is 79.9. The molecule has 0 aliphatic carbocycles. The number of benzene rings is 1. The summed E-state index contributed by atoms with van der Waals surface area (Å²) < 4.78 is 22.0. The van der Waals surface area contributed by atoms with E-state index in [1.165, 1.54) is 0 Å². The van der Waals surface area contributed by atoms with Gasteiger partial charge in [0.25, 0.3) is 0 Å². The number of aliphatic hydroxyl groups excluding tert-OH is 1. The molecule has 0 spiro atoms. The van der Waals surface area contributed by atoms with Gasteiger partial charge in [-0.05, 0) is 28.1 Å². The quantitative estimate of drug-likeness (QED) is 0.912. The fourth-order valence-electron chi connectivity index (χ4n) is 2.04. The SMILES string of the molecule is COc1ccc(C(O)C2COCCO2)c(OC)c1Br. The molecule has 1 aliphatic heterocycles. The van der Waals surface area contributed by atoms with Crippen molar-refractivity contribution in [2.75, 3.05) is 34.0 Å². The molecule has 106 valence electrons. The van der Waals surface area contributed by atoms with E-state index >= 15 is 0 Å². The number of hydrogen-bond acceptors (Lipinski definition) is 5. The summed E-state index contributed by atoms with van der Waals surface area (Å²) in [5.74, 6) is 1.19. The zero-order valence-corrected chi connectivity index (χ0v) is 12.5. The predicted molar refractivity (Wildman–Crippen MR) is 72.8 cm³/mol. The van der Waals surface area contributed by atoms with Crippen LogP contribution >= 0.6 is 15.9 Å². The number of aliphatic hydroxyl groups is 1. The molecule has 1 aliphatic rings. The summed E-state index contributed by atoms with van der Waals surface area (Å²) in [6.07, 6.45) is -1.19. The molecule has 0 radical (unpaired) electrons. The summed E-state index contributed by atoms with van der Waals surface area (Å²) in [5, 5.41) is 10.4. The first-order chi connectivity index (χ1) is 9.19. The standard InChI is InChI=1S/C13H17BrO5/c1-16-9-4-3-8(13(17-2)11(9)14)12(15)10-7-18-5-6-19-10/h3-4,10,12,15H,5-7H2,1-2H3. The molecule has 2 rings (SSSR count). The van der Waals surface area contributed by atoms with E-state index in [4.69, 9.17) is 18.9 Å². The molecule has 19 heavy (non-hydrogen) atoms. The number of hydrogen-bond donors (Lipinski definition) is 1. The van der Waals surface area contributed by atoms with Crippen LogP contribution < -0.4 is 9.47 Å². The first kappa shape index (κ1) is 14.6. The molecule has 1 N–H and O–H groups in total. The zero-order valence-electron chi connectivity index (χ0n) is 10.9. The van der Waals surface area contributed by atoms with Crippen molar-refractivity contribution in [1.29, 1.82) is 0 Å². The lowest BCUT2D eigenvalue weighted by atomic mass is 10.0. The van der Waals surface area contributed by atoms with E-state index in [0.29, 0.717) is 41.4 Å². The van der Waals surface area contributed by atoms with Gasteiger partial charge in [0, 0.05) is 5.56 Å². The molecule has 0 saturated carbocycles. The molecule has 6 heteroatoms. The fourth-order valence-corrected chi connectivity index (χ4v) is 2.72. The summed E-state index contributed by atoms with van der Waals surface area (Å²) >= 11 is 3.41. The molecule has 1 aromatic carbocycles. The first-order valence-corrected chi connectivity index (χ1v) is 6.76. The number of methoxy groups -OCH3 is 2. The number of rotatable bonds is 4. The van der Waals surface area contributed by atoms with Gasteiger partial charge in [-0.15, -0.1) is 0 Å². The van der Waals surface area contributed by atoms with Crippen LogP contribution in [0.5, 0.6) is 11.5 Å². The van der Waals surface area contributed by atoms with Crippen molar-refractivity contribution in [3.63, 3.8) is 0 Å². The smallest absolute Gasteiger partial charge is 0.142 e. The van der Waals surface area contributed by atoms with Gasteiger partial charge in [-0.2, -0.15) is 0 Å². The molecule has 2 atom stereocenters. The van der Waals surface area contributed by atoms with Gasteiger partial charge in [-0.25, -0.2) is 0 Å². The molecular formula is C13H17BrO5. The highest BCUT2D eigenvalue weighted by Crippen LogP contribution is 2.40. The Kier molecular flexibility index (Phi) is 5.04. The van der Waals surface area contributed by atoms with Crippen molar-refractivity contribution >= 4 is 15.9 Å². The van der Waals surface area contributed by atoms with Crippen LogP contribution in [0.3, 0.4) is 0 Å². The highest BCUT2D eigenvalue weighted by Gasteiger charge is 2.28. The van der Waals surface area contributed by atoms with Gasteiger partial charge in [0.1, 0.15) is 28.2 Å². The lowest BCUT2D eigenvalue weighted by molar-refractivity contribution is -0.133. The number of halogens is 1. The summed E-state index contributed by atoms with van der Waals surface area (Å²) in [7, 11) is 3.13. The summed E-state index contributed by atoms with van der Waals surface area (Å²) in [4.78, 5) is 0. The van der Waals surface area contributed by atoms with Crippen LogP contribution in [0.25, 0.3) is 0 Å². The van der Waals surface area contributed by atoms with E-state index in [2.05, 4.69) is 15.9 Å². The van der Waals surface area contributed by atoms with Gasteiger partial charge < -0.3 is 24.1 Å². The summed E-state index contributed by atoms with van der Waals surface area (Å²) in [5.41, 5.74) is 0.644. The molecule has 1 fully saturated rings. The Balaban J connectivity index is 2.30. The van der Waals surface area contributed by atoms with Crippen LogP contribution in [-0.4, -0.2) is 45.3 Å². The highest BCUT2D eigenvalue weighted by molar-refractivity contribution is 9.10. The molecular weight excluding hydrogens is 316 g/mol. The van der Waals surface area contributed by atoms with Gasteiger partial charge in [-0.3, -0.25) is 0 Å². The van der Waals surface area contributed by atoms with Crippen LogP contribution in [0.1, 0.15) is 11.7 Å². The average molecular weight is 333 g/mol. The Bertz CT molecular complexity index is 431. The Morgan fingerprint density at radius 3 is 2.68 bits per heavy atom. The number of ether oxygens (including phenoxy) is 4. The minimum atomic E-state index is -0.808. The largest absolute Gasteiger partial charge is 0.495 e. The van der Waals surface area contributed by atoms with Crippen LogP contribution in [0.15, 0.2) is 16.6 Å². The van der Waals surface area contributed by atoms with Gasteiger partial charge in [0.2, 0.25) is 0 Å². The Labute approximate surface area is 120 Å². The summed E-state index contributed by atoms with van der Waals surface area (Å²) in [6, 6.07) is 3.54. The van der Waals surface area contributed by atoms with Crippen LogP contribution in [0, 0.1) is 0 Å². The second-order valence-electron chi connectivity index (χ2n) is 4.13. The summed E-state index contributed by atoms with van der Waals surface area (Å²) in [6.45, 7) is 1.42. The molecule has 0 bridgehead atoms. The first-order valence-electron chi connectivity index (χ1n) is 5.96. The maximum Gasteiger partial charge on any atom is 0.142 e. The normalized spacial score (nSPS) is 20.9. The lowest BCUT2D eigenvalue weighted by Crippen LogP contribution is -2.34. The van der Waals surface area contributed by atoms with Crippen molar-refractivity contribution in [3.05, 3.63) is 22.2 Å². The second kappa shape index (κ2) is 6.56. The van der Waals surface area contributed by atoms with Gasteiger partial charge >= 0.3 is 0 Å². The van der Waals surface area contributed by atoms with Gasteiger partial charge in [0.05, 0.1) is 34.0 Å². The molecule has 0 amide bonds. The van der Waals surface area contributed by atoms with Crippen molar-refractivity contribution in [3.8, 4) is 11.5 Å². The molecule has 5 nitrogen and oxygen atoms in total. The lowest BCUT2D eigenvalue weighted by Gasteiger charge is -2.28. The minimum Gasteiger partial charge on any atom is -0.495 e. The molecule has 1 heterocycles. The van der Waals surface area contributed by atoms with Crippen LogP contribution in [0.2, 0.25) is 0 Å². The third-order valence-electron chi connectivity index (χ3n) is 3.03. The Hall–Kier alpha value is -0.820. The van der Waals surface area contributed by atoms with E-state index in [1.807, 2.05) is 0 Å². The maximum absolute atomic E-state index is 10.4. The van der Waals surface area contributed by atoms with E-state index in [1.54, 1.807) is 26.4 Å². The minimum absolute atomic E-state index is 0.369. The van der Waals surface area contributed by atoms with Crippen molar-refractivity contribution in [2.24, 2.45) is 0 Å².